The molecule has 0 amide bonds. The lowest BCUT2D eigenvalue weighted by atomic mass is 10.3. The van der Waals surface area contributed by atoms with E-state index < -0.39 is 0 Å². The van der Waals surface area contributed by atoms with E-state index in [9.17, 15) is 9.18 Å². The molecule has 0 spiro atoms. The van der Waals surface area contributed by atoms with E-state index in [1.807, 2.05) is 18.4 Å². The van der Waals surface area contributed by atoms with E-state index in [-0.39, 0.29) is 23.6 Å². The molecule has 0 bridgehead atoms. The van der Waals surface area contributed by atoms with E-state index in [0.717, 1.165) is 0 Å². The van der Waals surface area contributed by atoms with Gasteiger partial charge in [-0.1, -0.05) is 11.8 Å². The molecule has 0 N–H and O–H groups in total. The molecule has 23 heavy (non-hydrogen) atoms. The molecule has 0 aliphatic rings. The molecule has 2 aromatic rings. The van der Waals surface area contributed by atoms with Gasteiger partial charge in [0.15, 0.2) is 17.1 Å². The zero-order chi connectivity index (χ0) is 16.8. The van der Waals surface area contributed by atoms with Gasteiger partial charge in [0.1, 0.15) is 11.6 Å². The summed E-state index contributed by atoms with van der Waals surface area (Å²) >= 11 is 1.26. The van der Waals surface area contributed by atoms with Gasteiger partial charge in [-0.3, -0.25) is 4.79 Å². The molecule has 1 aromatic heterocycles. The number of hydrogen-bond donors (Lipinski definition) is 0. The summed E-state index contributed by atoms with van der Waals surface area (Å²) in [4.78, 5) is 11.2. The molecule has 0 saturated carbocycles. The van der Waals surface area contributed by atoms with Crippen molar-refractivity contribution < 1.29 is 18.7 Å². The molecule has 0 aliphatic heterocycles. The second-order valence-electron chi connectivity index (χ2n) is 4.66. The number of aromatic nitrogens is 3. The average molecular weight is 339 g/mol. The maximum atomic E-state index is 12.9. The zero-order valence-corrected chi connectivity index (χ0v) is 14.0. The molecular weight excluding hydrogens is 321 g/mol. The third-order valence-corrected chi connectivity index (χ3v) is 4.04. The first-order valence-electron chi connectivity index (χ1n) is 7.10. The summed E-state index contributed by atoms with van der Waals surface area (Å²) in [5, 5.41) is 8.87. The number of rotatable bonds is 7. The fraction of sp³-hybridized carbons (Fsp3) is 0.400. The van der Waals surface area contributed by atoms with E-state index in [1.165, 1.54) is 31.0 Å². The Labute approximate surface area is 138 Å². The Balaban J connectivity index is 2.10. The highest BCUT2D eigenvalue weighted by Gasteiger charge is 2.19. The molecule has 8 heteroatoms. The standard InChI is InChI=1S/C15H18FN3O3S/c1-4-19-14(17-18-15(19)23-9-13(20)21-3)10(2)22-12-7-5-11(16)6-8-12/h5-8,10H,4,9H2,1-3H3/t10-/m1/s1. The van der Waals surface area contributed by atoms with Gasteiger partial charge in [0.05, 0.1) is 12.9 Å². The highest BCUT2D eigenvalue weighted by molar-refractivity contribution is 7.99. The highest BCUT2D eigenvalue weighted by Crippen LogP contribution is 2.24. The Morgan fingerprint density at radius 1 is 1.35 bits per heavy atom. The van der Waals surface area contributed by atoms with Crippen LogP contribution in [0.3, 0.4) is 0 Å². The van der Waals surface area contributed by atoms with Gasteiger partial charge in [-0.25, -0.2) is 4.39 Å². The lowest BCUT2D eigenvalue weighted by Crippen LogP contribution is -2.12. The molecule has 1 heterocycles. The van der Waals surface area contributed by atoms with Gasteiger partial charge >= 0.3 is 5.97 Å². The van der Waals surface area contributed by atoms with E-state index in [0.29, 0.717) is 23.3 Å². The minimum atomic E-state index is -0.361. The summed E-state index contributed by atoms with van der Waals surface area (Å²) < 4.78 is 25.2. The Morgan fingerprint density at radius 3 is 2.65 bits per heavy atom. The first-order chi connectivity index (χ1) is 11.0. The van der Waals surface area contributed by atoms with E-state index in [4.69, 9.17) is 4.74 Å². The summed E-state index contributed by atoms with van der Waals surface area (Å²) in [5.41, 5.74) is 0. The van der Waals surface area contributed by atoms with Crippen LogP contribution >= 0.6 is 11.8 Å². The Kier molecular flexibility index (Phi) is 5.97. The van der Waals surface area contributed by atoms with Crippen LogP contribution in [0.4, 0.5) is 4.39 Å². The van der Waals surface area contributed by atoms with Crippen LogP contribution in [0.2, 0.25) is 0 Å². The van der Waals surface area contributed by atoms with Gasteiger partial charge < -0.3 is 14.0 Å². The van der Waals surface area contributed by atoms with Crippen molar-refractivity contribution in [1.82, 2.24) is 14.8 Å². The number of methoxy groups -OCH3 is 1. The lowest BCUT2D eigenvalue weighted by molar-refractivity contribution is -0.137. The number of ether oxygens (including phenoxy) is 2. The van der Waals surface area contributed by atoms with E-state index >= 15 is 0 Å². The maximum absolute atomic E-state index is 12.9. The topological polar surface area (TPSA) is 66.2 Å². The van der Waals surface area contributed by atoms with Crippen LogP contribution in [0, 0.1) is 5.82 Å². The second-order valence-corrected chi connectivity index (χ2v) is 5.61. The molecule has 0 saturated heterocycles. The van der Waals surface area contributed by atoms with Gasteiger partial charge in [-0.05, 0) is 38.1 Å². The van der Waals surface area contributed by atoms with Crippen LogP contribution in [-0.4, -0.2) is 33.6 Å². The van der Waals surface area contributed by atoms with Crippen LogP contribution in [0.15, 0.2) is 29.4 Å². The normalized spacial score (nSPS) is 12.0. The van der Waals surface area contributed by atoms with Crippen LogP contribution in [0.1, 0.15) is 25.8 Å². The molecule has 0 aliphatic carbocycles. The van der Waals surface area contributed by atoms with E-state index in [2.05, 4.69) is 14.9 Å². The molecule has 0 fully saturated rings. The fourth-order valence-corrected chi connectivity index (χ4v) is 2.80. The number of halogens is 1. The van der Waals surface area contributed by atoms with Crippen LogP contribution in [0.5, 0.6) is 5.75 Å². The quantitative estimate of drug-likeness (QED) is 0.571. The summed E-state index contributed by atoms with van der Waals surface area (Å²) in [6, 6.07) is 5.80. The Morgan fingerprint density at radius 2 is 2.04 bits per heavy atom. The van der Waals surface area contributed by atoms with Crippen LogP contribution < -0.4 is 4.74 Å². The van der Waals surface area contributed by atoms with Crippen molar-refractivity contribution in [3.8, 4) is 5.75 Å². The van der Waals surface area contributed by atoms with Crippen molar-refractivity contribution in [3.05, 3.63) is 35.9 Å². The van der Waals surface area contributed by atoms with Gasteiger partial charge in [-0.15, -0.1) is 10.2 Å². The predicted molar refractivity (Wildman–Crippen MR) is 83.9 cm³/mol. The Hall–Kier alpha value is -2.09. The van der Waals surface area contributed by atoms with Gasteiger partial charge in [0, 0.05) is 6.54 Å². The summed E-state index contributed by atoms with van der Waals surface area (Å²) in [5.74, 6) is 0.723. The monoisotopic (exact) mass is 339 g/mol. The summed E-state index contributed by atoms with van der Waals surface area (Å²) in [6.07, 6.45) is -0.361. The number of esters is 1. The van der Waals surface area contributed by atoms with Crippen LogP contribution in [0.25, 0.3) is 0 Å². The molecule has 124 valence electrons. The van der Waals surface area contributed by atoms with Crippen molar-refractivity contribution >= 4 is 17.7 Å². The maximum Gasteiger partial charge on any atom is 0.316 e. The molecule has 2 rings (SSSR count). The van der Waals surface area contributed by atoms with Gasteiger partial charge in [0.2, 0.25) is 0 Å². The number of hydrogen-bond acceptors (Lipinski definition) is 6. The lowest BCUT2D eigenvalue weighted by Gasteiger charge is -2.15. The average Bonchev–Trinajstić information content (AvgIpc) is 2.97. The van der Waals surface area contributed by atoms with Crippen molar-refractivity contribution in [1.29, 1.82) is 0 Å². The smallest absolute Gasteiger partial charge is 0.316 e. The molecule has 0 unspecified atom stereocenters. The highest BCUT2D eigenvalue weighted by atomic mass is 32.2. The third-order valence-electron chi connectivity index (χ3n) is 3.10. The first kappa shape index (κ1) is 17.3. The predicted octanol–water partition coefficient (Wildman–Crippen LogP) is 2.84. The third kappa shape index (κ3) is 4.44. The van der Waals surface area contributed by atoms with Gasteiger partial charge in [-0.2, -0.15) is 0 Å². The molecule has 6 nitrogen and oxygen atoms in total. The SMILES string of the molecule is CCn1c(SCC(=O)OC)nnc1[C@@H](C)Oc1ccc(F)cc1. The van der Waals surface area contributed by atoms with E-state index in [1.54, 1.807) is 12.1 Å². The van der Waals surface area contributed by atoms with Crippen LogP contribution in [-0.2, 0) is 16.1 Å². The Bertz CT molecular complexity index is 660. The first-order valence-corrected chi connectivity index (χ1v) is 8.08. The molecule has 1 atom stereocenters. The number of carbonyl (C=O) groups excluding carboxylic acids is 1. The largest absolute Gasteiger partial charge is 0.483 e. The minimum absolute atomic E-state index is 0.168. The second kappa shape index (κ2) is 7.96. The number of nitrogens with zero attached hydrogens (tertiary/aromatic N) is 3. The fourth-order valence-electron chi connectivity index (χ4n) is 1.96. The molecule has 1 aromatic carbocycles. The number of benzene rings is 1. The summed E-state index contributed by atoms with van der Waals surface area (Å²) in [7, 11) is 1.34. The van der Waals surface area contributed by atoms with Gasteiger partial charge in [0.25, 0.3) is 0 Å². The summed E-state index contributed by atoms with van der Waals surface area (Å²) in [6.45, 7) is 4.44. The number of thioether (sulfide) groups is 1. The number of carbonyl (C=O) groups is 1. The van der Waals surface area contributed by atoms with Crippen molar-refractivity contribution in [3.63, 3.8) is 0 Å². The zero-order valence-electron chi connectivity index (χ0n) is 13.2. The van der Waals surface area contributed by atoms with Crippen molar-refractivity contribution in [2.75, 3.05) is 12.9 Å². The minimum Gasteiger partial charge on any atom is -0.483 e. The molecular formula is C15H18FN3O3S. The van der Waals surface area contributed by atoms with Crippen molar-refractivity contribution in [2.24, 2.45) is 0 Å². The molecule has 0 radical (unpaired) electrons. The van der Waals surface area contributed by atoms with Crippen molar-refractivity contribution in [2.45, 2.75) is 31.7 Å².